The van der Waals surface area contributed by atoms with E-state index in [0.29, 0.717) is 50.9 Å². The van der Waals surface area contributed by atoms with Crippen LogP contribution in [0.25, 0.3) is 5.65 Å². The Morgan fingerprint density at radius 2 is 1.70 bits per heavy atom. The van der Waals surface area contributed by atoms with Crippen LogP contribution in [-0.4, -0.2) is 92.4 Å². The van der Waals surface area contributed by atoms with Gasteiger partial charge < -0.3 is 26.2 Å². The van der Waals surface area contributed by atoms with Crippen LogP contribution in [0.1, 0.15) is 97.8 Å². The monoisotopic (exact) mass is 789 g/mol. The van der Waals surface area contributed by atoms with Crippen LogP contribution in [0.3, 0.4) is 0 Å². The van der Waals surface area contributed by atoms with Gasteiger partial charge in [0, 0.05) is 62.1 Å². The van der Waals surface area contributed by atoms with Crippen LogP contribution >= 0.6 is 0 Å². The minimum atomic E-state index is -2.95. The Bertz CT molecular complexity index is 2120. The standard InChI is InChI=1S/C39H46F3N11O4/c40-24-17-25(43)20-51(19-24)32-13-16-52-36(47-32)30(18-44-52)39(57)46-31-21-53(49-34(31)35(41)42)28-7-3-23(4-8-28)37(55)45-26-11-14-50(15-12-26)27-5-1-22(2-6-27)29-9-10-33(54)48-38(29)56/h1-2,5-6,13,16,18,21,23-26,28-29,35H,3-4,7-12,14-15,17,19-20,43H2,(H,45,55)(H,46,57)(H,48,54,56)/t23?,24-,25-,28?,29?/m1/s1. The van der Waals surface area contributed by atoms with Crippen LogP contribution in [0, 0.1) is 5.92 Å². The highest BCUT2D eigenvalue weighted by molar-refractivity contribution is 6.08. The summed E-state index contributed by atoms with van der Waals surface area (Å²) >= 11 is 0. The lowest BCUT2D eigenvalue weighted by atomic mass is 9.85. The van der Waals surface area contributed by atoms with Gasteiger partial charge >= 0.3 is 0 Å². The number of fused-ring (bicyclic) bond motifs is 1. The zero-order chi connectivity index (χ0) is 39.8. The van der Waals surface area contributed by atoms with Gasteiger partial charge in [-0.1, -0.05) is 12.1 Å². The molecule has 4 fully saturated rings. The highest BCUT2D eigenvalue weighted by Crippen LogP contribution is 2.36. The Morgan fingerprint density at radius 3 is 2.40 bits per heavy atom. The van der Waals surface area contributed by atoms with Crippen molar-refractivity contribution in [2.45, 2.75) is 94.4 Å². The lowest BCUT2D eigenvalue weighted by Crippen LogP contribution is -2.48. The number of rotatable bonds is 9. The summed E-state index contributed by atoms with van der Waals surface area (Å²) in [4.78, 5) is 59.1. The number of anilines is 3. The van der Waals surface area contributed by atoms with E-state index in [4.69, 9.17) is 5.73 Å². The fourth-order valence-corrected chi connectivity index (χ4v) is 8.63. The molecular formula is C39H46F3N11O4. The number of nitrogens with two attached hydrogens (primary N) is 1. The minimum Gasteiger partial charge on any atom is -0.371 e. The second-order valence-corrected chi connectivity index (χ2v) is 15.6. The zero-order valence-corrected chi connectivity index (χ0v) is 31.3. The molecule has 3 aromatic heterocycles. The molecule has 5 N–H and O–H groups in total. The van der Waals surface area contributed by atoms with Gasteiger partial charge in [0.1, 0.15) is 17.6 Å². The normalized spacial score (nSPS) is 24.8. The van der Waals surface area contributed by atoms with Crippen LogP contribution in [-0.2, 0) is 14.4 Å². The van der Waals surface area contributed by atoms with Crippen molar-refractivity contribution in [2.24, 2.45) is 11.7 Å². The Morgan fingerprint density at radius 1 is 0.947 bits per heavy atom. The van der Waals surface area contributed by atoms with Gasteiger partial charge in [-0.3, -0.25) is 29.2 Å². The molecule has 0 radical (unpaired) electrons. The summed E-state index contributed by atoms with van der Waals surface area (Å²) in [6, 6.07) is 9.01. The first-order valence-electron chi connectivity index (χ1n) is 19.7. The van der Waals surface area contributed by atoms with Crippen molar-refractivity contribution in [3.05, 3.63) is 65.7 Å². The number of carbonyl (C=O) groups is 4. The Kier molecular flexibility index (Phi) is 10.9. The fraction of sp³-hybridized carbons (Fsp3) is 0.513. The van der Waals surface area contributed by atoms with E-state index in [1.165, 1.54) is 21.6 Å². The molecule has 57 heavy (non-hydrogen) atoms. The van der Waals surface area contributed by atoms with Gasteiger partial charge in [0.15, 0.2) is 11.3 Å². The molecule has 1 aliphatic carbocycles. The molecule has 4 aromatic rings. The molecule has 3 aliphatic heterocycles. The molecule has 302 valence electrons. The third kappa shape index (κ3) is 8.31. The Hall–Kier alpha value is -5.52. The molecular weight excluding hydrogens is 743 g/mol. The third-order valence-electron chi connectivity index (χ3n) is 11.8. The van der Waals surface area contributed by atoms with E-state index in [9.17, 15) is 32.3 Å². The lowest BCUT2D eigenvalue weighted by Gasteiger charge is -2.35. The minimum absolute atomic E-state index is 0.00000519. The number of hydrogen-bond donors (Lipinski definition) is 4. The summed E-state index contributed by atoms with van der Waals surface area (Å²) in [6.45, 7) is 2.05. The summed E-state index contributed by atoms with van der Waals surface area (Å²) in [6.07, 6.45) is 5.19. The topological polar surface area (TPSA) is 185 Å². The summed E-state index contributed by atoms with van der Waals surface area (Å²) in [7, 11) is 0. The largest absolute Gasteiger partial charge is 0.371 e. The summed E-state index contributed by atoms with van der Waals surface area (Å²) < 4.78 is 45.5. The first kappa shape index (κ1) is 38.4. The number of alkyl halides is 3. The molecule has 4 amide bonds. The Labute approximate surface area is 326 Å². The van der Waals surface area contributed by atoms with E-state index in [-0.39, 0.29) is 77.5 Å². The second kappa shape index (κ2) is 16.1. The number of aromatic nitrogens is 5. The molecule has 0 spiro atoms. The number of benzene rings is 1. The van der Waals surface area contributed by atoms with Crippen LogP contribution in [0.5, 0.6) is 0 Å². The number of halogens is 3. The summed E-state index contributed by atoms with van der Waals surface area (Å²) in [5, 5.41) is 16.6. The average molecular weight is 790 g/mol. The van der Waals surface area contributed by atoms with E-state index in [0.717, 1.165) is 37.2 Å². The van der Waals surface area contributed by atoms with Gasteiger partial charge in [-0.25, -0.2) is 22.7 Å². The molecule has 1 aromatic carbocycles. The SMILES string of the molecule is N[C@@H]1C[C@@H](F)CN(c2ccn3ncc(C(=O)Nc4cn(C5CCC(C(=O)NC6CCN(c7ccc(C8CCC(=O)NC8=O)cc7)CC6)CC5)nc4C(F)F)c3n2)C1. The van der Waals surface area contributed by atoms with Crippen LogP contribution in [0.15, 0.2) is 48.9 Å². The molecule has 3 atom stereocenters. The van der Waals surface area contributed by atoms with E-state index < -0.39 is 24.2 Å². The number of piperidine rings is 3. The average Bonchev–Trinajstić information content (AvgIpc) is 3.83. The summed E-state index contributed by atoms with van der Waals surface area (Å²) in [5.41, 5.74) is 7.51. The molecule has 1 unspecified atom stereocenters. The molecule has 4 aliphatic rings. The molecule has 15 nitrogen and oxygen atoms in total. The quantitative estimate of drug-likeness (QED) is 0.181. The van der Waals surface area contributed by atoms with Crippen molar-refractivity contribution in [3.8, 4) is 0 Å². The van der Waals surface area contributed by atoms with Crippen LogP contribution in [0.2, 0.25) is 0 Å². The number of nitrogens with one attached hydrogen (secondary N) is 3. The number of hydrogen-bond acceptors (Lipinski definition) is 10. The van der Waals surface area contributed by atoms with Crippen molar-refractivity contribution < 1.29 is 32.3 Å². The maximum Gasteiger partial charge on any atom is 0.284 e. The predicted molar refractivity (Wildman–Crippen MR) is 204 cm³/mol. The Balaban J connectivity index is 0.834. The molecule has 3 saturated heterocycles. The van der Waals surface area contributed by atoms with Crippen molar-refractivity contribution >= 4 is 46.5 Å². The fourth-order valence-electron chi connectivity index (χ4n) is 8.63. The number of amides is 4. The van der Waals surface area contributed by atoms with Gasteiger partial charge in [0.25, 0.3) is 12.3 Å². The van der Waals surface area contributed by atoms with E-state index in [1.807, 2.05) is 24.3 Å². The zero-order valence-electron chi connectivity index (χ0n) is 31.3. The van der Waals surface area contributed by atoms with E-state index in [2.05, 4.69) is 36.0 Å². The highest BCUT2D eigenvalue weighted by Gasteiger charge is 2.33. The van der Waals surface area contributed by atoms with Gasteiger partial charge in [-0.15, -0.1) is 0 Å². The van der Waals surface area contributed by atoms with Crippen molar-refractivity contribution in [1.82, 2.24) is 35.0 Å². The van der Waals surface area contributed by atoms with Gasteiger partial charge in [-0.2, -0.15) is 10.2 Å². The van der Waals surface area contributed by atoms with Crippen LogP contribution < -0.4 is 31.5 Å². The summed E-state index contributed by atoms with van der Waals surface area (Å²) in [5.74, 6) is -1.27. The maximum atomic E-state index is 14.2. The first-order chi connectivity index (χ1) is 27.5. The van der Waals surface area contributed by atoms with E-state index >= 15 is 0 Å². The van der Waals surface area contributed by atoms with Crippen molar-refractivity contribution in [3.63, 3.8) is 0 Å². The molecule has 18 heteroatoms. The molecule has 0 bridgehead atoms. The first-order valence-corrected chi connectivity index (χ1v) is 19.7. The van der Waals surface area contributed by atoms with Crippen LogP contribution in [0.4, 0.5) is 30.4 Å². The number of nitrogens with zero attached hydrogens (tertiary/aromatic N) is 7. The number of carbonyl (C=O) groups excluding carboxylic acids is 4. The predicted octanol–water partition coefficient (Wildman–Crippen LogP) is 4.03. The van der Waals surface area contributed by atoms with Crippen molar-refractivity contribution in [1.29, 1.82) is 0 Å². The molecule has 1 saturated carbocycles. The van der Waals surface area contributed by atoms with Crippen molar-refractivity contribution in [2.75, 3.05) is 41.3 Å². The highest BCUT2D eigenvalue weighted by atomic mass is 19.3. The lowest BCUT2D eigenvalue weighted by molar-refractivity contribution is -0.134. The third-order valence-corrected chi connectivity index (χ3v) is 11.8. The smallest absolute Gasteiger partial charge is 0.284 e. The van der Waals surface area contributed by atoms with Gasteiger partial charge in [0.05, 0.1) is 30.4 Å². The van der Waals surface area contributed by atoms with E-state index in [1.54, 1.807) is 17.2 Å². The van der Waals surface area contributed by atoms with Gasteiger partial charge in [0.2, 0.25) is 17.7 Å². The maximum absolute atomic E-state index is 14.2. The molecule has 8 rings (SSSR count). The molecule has 6 heterocycles. The van der Waals surface area contributed by atoms with Gasteiger partial charge in [-0.05, 0) is 75.1 Å². The second-order valence-electron chi connectivity index (χ2n) is 15.6. The number of imide groups is 1.